The standard InChI is InChI=1S/C17H26BrN/c1-12-11-16(18)13(2)10-15(12)17(19)14-8-6-4-3-5-7-9-14/h10-11,14,17H,3-9,19H2,1-2H3. The Morgan fingerprint density at radius 3 is 2.21 bits per heavy atom. The van der Waals surface area contributed by atoms with E-state index in [2.05, 4.69) is 41.9 Å². The van der Waals surface area contributed by atoms with Gasteiger partial charge in [-0.15, -0.1) is 0 Å². The highest BCUT2D eigenvalue weighted by Gasteiger charge is 2.22. The summed E-state index contributed by atoms with van der Waals surface area (Å²) >= 11 is 3.61. The molecule has 0 aromatic heterocycles. The molecule has 1 nitrogen and oxygen atoms in total. The second-order valence-corrected chi connectivity index (χ2v) is 6.94. The number of rotatable bonds is 2. The van der Waals surface area contributed by atoms with Crippen molar-refractivity contribution in [1.82, 2.24) is 0 Å². The van der Waals surface area contributed by atoms with Crippen LogP contribution in [0.2, 0.25) is 0 Å². The van der Waals surface area contributed by atoms with Gasteiger partial charge in [-0.1, -0.05) is 54.1 Å². The highest BCUT2D eigenvalue weighted by atomic mass is 79.9. The normalized spacial score (nSPS) is 19.8. The summed E-state index contributed by atoms with van der Waals surface area (Å²) in [7, 11) is 0. The first-order valence-corrected chi connectivity index (χ1v) is 8.41. The quantitative estimate of drug-likeness (QED) is 0.771. The SMILES string of the molecule is Cc1cc(C(N)C2CCCCCCC2)c(C)cc1Br. The molecular weight excluding hydrogens is 298 g/mol. The fraction of sp³-hybridized carbons (Fsp3) is 0.647. The van der Waals surface area contributed by atoms with E-state index < -0.39 is 0 Å². The van der Waals surface area contributed by atoms with Crippen LogP contribution in [0.5, 0.6) is 0 Å². The van der Waals surface area contributed by atoms with Crippen LogP contribution >= 0.6 is 15.9 Å². The van der Waals surface area contributed by atoms with Crippen LogP contribution in [0.1, 0.15) is 67.7 Å². The molecule has 2 heteroatoms. The summed E-state index contributed by atoms with van der Waals surface area (Å²) in [4.78, 5) is 0. The van der Waals surface area contributed by atoms with E-state index in [1.165, 1.54) is 66.1 Å². The van der Waals surface area contributed by atoms with Crippen LogP contribution in [0.15, 0.2) is 16.6 Å². The molecule has 0 heterocycles. The van der Waals surface area contributed by atoms with Crippen molar-refractivity contribution in [3.8, 4) is 0 Å². The Bertz CT molecular complexity index is 420. The first-order valence-electron chi connectivity index (χ1n) is 7.62. The lowest BCUT2D eigenvalue weighted by molar-refractivity contribution is 0.327. The van der Waals surface area contributed by atoms with Crippen LogP contribution in [-0.4, -0.2) is 0 Å². The average molecular weight is 324 g/mol. The van der Waals surface area contributed by atoms with Crippen LogP contribution in [0, 0.1) is 19.8 Å². The number of halogens is 1. The van der Waals surface area contributed by atoms with Gasteiger partial charge in [0, 0.05) is 10.5 Å². The van der Waals surface area contributed by atoms with Crippen molar-refractivity contribution in [2.75, 3.05) is 0 Å². The van der Waals surface area contributed by atoms with Crippen LogP contribution in [0.4, 0.5) is 0 Å². The van der Waals surface area contributed by atoms with Gasteiger partial charge in [-0.05, 0) is 55.4 Å². The van der Waals surface area contributed by atoms with E-state index in [4.69, 9.17) is 5.73 Å². The third-order valence-electron chi connectivity index (χ3n) is 4.56. The van der Waals surface area contributed by atoms with E-state index in [1.807, 2.05) is 0 Å². The first-order chi connectivity index (χ1) is 9.09. The maximum atomic E-state index is 6.59. The van der Waals surface area contributed by atoms with Gasteiger partial charge in [0.15, 0.2) is 0 Å². The molecule has 1 aliphatic carbocycles. The van der Waals surface area contributed by atoms with Crippen molar-refractivity contribution in [2.24, 2.45) is 11.7 Å². The third-order valence-corrected chi connectivity index (χ3v) is 5.42. The second-order valence-electron chi connectivity index (χ2n) is 6.09. The van der Waals surface area contributed by atoms with E-state index >= 15 is 0 Å². The first kappa shape index (κ1) is 15.1. The molecule has 2 N–H and O–H groups in total. The Morgan fingerprint density at radius 1 is 1.00 bits per heavy atom. The monoisotopic (exact) mass is 323 g/mol. The molecule has 1 atom stereocenters. The van der Waals surface area contributed by atoms with Gasteiger partial charge in [-0.25, -0.2) is 0 Å². The topological polar surface area (TPSA) is 26.0 Å². The van der Waals surface area contributed by atoms with Gasteiger partial charge in [-0.3, -0.25) is 0 Å². The summed E-state index contributed by atoms with van der Waals surface area (Å²) < 4.78 is 1.19. The van der Waals surface area contributed by atoms with E-state index in [0.717, 1.165) is 0 Å². The molecule has 0 saturated heterocycles. The molecule has 19 heavy (non-hydrogen) atoms. The van der Waals surface area contributed by atoms with E-state index in [-0.39, 0.29) is 6.04 Å². The van der Waals surface area contributed by atoms with Gasteiger partial charge in [0.05, 0.1) is 0 Å². The molecule has 2 rings (SSSR count). The van der Waals surface area contributed by atoms with Gasteiger partial charge in [0.25, 0.3) is 0 Å². The second kappa shape index (κ2) is 6.90. The zero-order valence-electron chi connectivity index (χ0n) is 12.2. The van der Waals surface area contributed by atoms with Crippen LogP contribution in [0.3, 0.4) is 0 Å². The number of benzene rings is 1. The Hall–Kier alpha value is -0.340. The Labute approximate surface area is 126 Å². The zero-order chi connectivity index (χ0) is 13.8. The molecule has 1 unspecified atom stereocenters. The van der Waals surface area contributed by atoms with Gasteiger partial charge in [-0.2, -0.15) is 0 Å². The summed E-state index contributed by atoms with van der Waals surface area (Å²) in [6.45, 7) is 4.33. The molecule has 0 bridgehead atoms. The van der Waals surface area contributed by atoms with Crippen molar-refractivity contribution >= 4 is 15.9 Å². The molecule has 0 spiro atoms. The molecule has 106 valence electrons. The largest absolute Gasteiger partial charge is 0.324 e. The smallest absolute Gasteiger partial charge is 0.0326 e. The van der Waals surface area contributed by atoms with E-state index in [0.29, 0.717) is 5.92 Å². The molecule has 1 aliphatic rings. The van der Waals surface area contributed by atoms with Crippen LogP contribution < -0.4 is 5.73 Å². The molecule has 0 radical (unpaired) electrons. The zero-order valence-corrected chi connectivity index (χ0v) is 13.8. The van der Waals surface area contributed by atoms with Crippen molar-refractivity contribution in [3.63, 3.8) is 0 Å². The molecule has 0 aliphatic heterocycles. The minimum atomic E-state index is 0.213. The third kappa shape index (κ3) is 3.82. The predicted octanol–water partition coefficient (Wildman–Crippen LogP) is 5.43. The predicted molar refractivity (Wildman–Crippen MR) is 86.4 cm³/mol. The van der Waals surface area contributed by atoms with Crippen molar-refractivity contribution in [2.45, 2.75) is 64.8 Å². The molecule has 1 aromatic rings. The summed E-state index contributed by atoms with van der Waals surface area (Å²) in [5.41, 5.74) is 10.6. The molecule has 1 aromatic carbocycles. The molecular formula is C17H26BrN. The number of hydrogen-bond donors (Lipinski definition) is 1. The number of aryl methyl sites for hydroxylation is 2. The summed E-state index contributed by atoms with van der Waals surface area (Å²) in [6, 6.07) is 4.71. The maximum Gasteiger partial charge on any atom is 0.0326 e. The van der Waals surface area contributed by atoms with E-state index in [9.17, 15) is 0 Å². The summed E-state index contributed by atoms with van der Waals surface area (Å²) in [5.74, 6) is 0.666. The lowest BCUT2D eigenvalue weighted by Crippen LogP contribution is -2.23. The Kier molecular flexibility index (Phi) is 5.47. The fourth-order valence-corrected chi connectivity index (χ4v) is 3.72. The highest BCUT2D eigenvalue weighted by Crippen LogP contribution is 2.34. The maximum absolute atomic E-state index is 6.59. The number of hydrogen-bond acceptors (Lipinski definition) is 1. The van der Waals surface area contributed by atoms with Gasteiger partial charge in [0.1, 0.15) is 0 Å². The molecule has 1 saturated carbocycles. The van der Waals surface area contributed by atoms with Crippen molar-refractivity contribution in [3.05, 3.63) is 33.3 Å². The van der Waals surface area contributed by atoms with Crippen molar-refractivity contribution < 1.29 is 0 Å². The van der Waals surface area contributed by atoms with Crippen molar-refractivity contribution in [1.29, 1.82) is 0 Å². The Balaban J connectivity index is 2.17. The fourth-order valence-electron chi connectivity index (χ4n) is 3.26. The van der Waals surface area contributed by atoms with Gasteiger partial charge >= 0.3 is 0 Å². The average Bonchev–Trinajstić information content (AvgIpc) is 2.32. The molecule has 0 amide bonds. The highest BCUT2D eigenvalue weighted by molar-refractivity contribution is 9.10. The Morgan fingerprint density at radius 2 is 1.58 bits per heavy atom. The van der Waals surface area contributed by atoms with Crippen LogP contribution in [-0.2, 0) is 0 Å². The molecule has 1 fully saturated rings. The lowest BCUT2D eigenvalue weighted by atomic mass is 9.82. The van der Waals surface area contributed by atoms with E-state index in [1.54, 1.807) is 0 Å². The van der Waals surface area contributed by atoms with Crippen LogP contribution in [0.25, 0.3) is 0 Å². The summed E-state index contributed by atoms with van der Waals surface area (Å²) in [5, 5.41) is 0. The minimum absolute atomic E-state index is 0.213. The van der Waals surface area contributed by atoms with Gasteiger partial charge in [0.2, 0.25) is 0 Å². The van der Waals surface area contributed by atoms with Gasteiger partial charge < -0.3 is 5.73 Å². The summed E-state index contributed by atoms with van der Waals surface area (Å²) in [6.07, 6.45) is 9.51. The minimum Gasteiger partial charge on any atom is -0.324 e. The lowest BCUT2D eigenvalue weighted by Gasteiger charge is -2.27. The number of nitrogens with two attached hydrogens (primary N) is 1.